The summed E-state index contributed by atoms with van der Waals surface area (Å²) < 4.78 is 6.25. The van der Waals surface area contributed by atoms with Gasteiger partial charge in [-0.15, -0.1) is 0 Å². The molecule has 1 aliphatic rings. The number of carbonyl (C=O) groups excluding carboxylic acids is 1. The summed E-state index contributed by atoms with van der Waals surface area (Å²) in [6.07, 6.45) is -0.293. The van der Waals surface area contributed by atoms with E-state index in [9.17, 15) is 14.4 Å². The number of nitrogens with zero attached hydrogens (tertiary/aromatic N) is 3. The van der Waals surface area contributed by atoms with Crippen molar-refractivity contribution in [2.75, 3.05) is 39.3 Å². The van der Waals surface area contributed by atoms with Gasteiger partial charge in [-0.3, -0.25) is 14.3 Å². The molecule has 0 saturated carbocycles. The Bertz CT molecular complexity index is 1120. The number of amides is 1. The van der Waals surface area contributed by atoms with Crippen LogP contribution in [0.3, 0.4) is 0 Å². The number of ether oxygens (including phenoxy) is 1. The number of carbonyl (C=O) groups is 1. The second-order valence-corrected chi connectivity index (χ2v) is 6.84. The number of aromatic amines is 2. The number of hydrogen-bond donors (Lipinski definition) is 2. The van der Waals surface area contributed by atoms with Crippen molar-refractivity contribution in [1.29, 1.82) is 0 Å². The van der Waals surface area contributed by atoms with Crippen molar-refractivity contribution in [3.8, 4) is 0 Å². The smallest absolute Gasteiger partial charge is 0.409 e. The van der Waals surface area contributed by atoms with E-state index in [2.05, 4.69) is 14.9 Å². The van der Waals surface area contributed by atoms with Gasteiger partial charge in [0, 0.05) is 50.2 Å². The van der Waals surface area contributed by atoms with Crippen LogP contribution in [0.4, 0.5) is 4.79 Å². The molecule has 1 fully saturated rings. The minimum Gasteiger partial charge on any atom is -0.450 e. The number of benzene rings is 1. The fourth-order valence-corrected chi connectivity index (χ4v) is 3.65. The van der Waals surface area contributed by atoms with Crippen molar-refractivity contribution in [3.63, 3.8) is 0 Å². The molecular weight excluding hydrogens is 362 g/mol. The molecule has 0 spiro atoms. The molecule has 1 aliphatic heterocycles. The largest absolute Gasteiger partial charge is 0.450 e. The lowest BCUT2D eigenvalue weighted by atomic mass is 10.2. The molecule has 28 heavy (non-hydrogen) atoms. The van der Waals surface area contributed by atoms with E-state index < -0.39 is 5.69 Å². The van der Waals surface area contributed by atoms with Gasteiger partial charge in [0.1, 0.15) is 5.52 Å². The highest BCUT2D eigenvalue weighted by atomic mass is 16.6. The maximum atomic E-state index is 12.8. The molecule has 4 rings (SSSR count). The Morgan fingerprint density at radius 2 is 1.79 bits per heavy atom. The molecule has 9 nitrogen and oxygen atoms in total. The van der Waals surface area contributed by atoms with E-state index in [0.717, 1.165) is 10.9 Å². The first kappa shape index (κ1) is 18.3. The maximum Gasteiger partial charge on any atom is 0.409 e. The molecule has 0 bridgehead atoms. The topological polar surface area (TPSA) is 103 Å². The molecule has 0 unspecified atom stereocenters. The zero-order valence-electron chi connectivity index (χ0n) is 15.7. The van der Waals surface area contributed by atoms with Gasteiger partial charge in [0.25, 0.3) is 5.56 Å². The van der Waals surface area contributed by atoms with Crippen molar-refractivity contribution in [1.82, 2.24) is 24.3 Å². The molecule has 0 radical (unpaired) electrons. The molecule has 2 N–H and O–H groups in total. The Morgan fingerprint density at radius 1 is 1.04 bits per heavy atom. The average molecular weight is 385 g/mol. The number of hydrogen-bond acceptors (Lipinski definition) is 5. The minimum atomic E-state index is -0.410. The van der Waals surface area contributed by atoms with Crippen LogP contribution in [0.25, 0.3) is 21.9 Å². The van der Waals surface area contributed by atoms with Crippen molar-refractivity contribution >= 4 is 28.0 Å². The molecule has 1 aromatic carbocycles. The van der Waals surface area contributed by atoms with Gasteiger partial charge in [-0.05, 0) is 13.0 Å². The molecule has 3 heterocycles. The monoisotopic (exact) mass is 385 g/mol. The highest BCUT2D eigenvalue weighted by Crippen LogP contribution is 2.19. The third-order valence-corrected chi connectivity index (χ3v) is 5.18. The van der Waals surface area contributed by atoms with Gasteiger partial charge in [0.2, 0.25) is 0 Å². The first-order valence-electron chi connectivity index (χ1n) is 9.46. The molecule has 3 aromatic rings. The summed E-state index contributed by atoms with van der Waals surface area (Å²) in [4.78, 5) is 46.8. The molecule has 148 valence electrons. The predicted octanol–water partition coefficient (Wildman–Crippen LogP) is 0.945. The van der Waals surface area contributed by atoms with Crippen LogP contribution in [0, 0.1) is 0 Å². The van der Waals surface area contributed by atoms with Gasteiger partial charge in [0.05, 0.1) is 12.1 Å². The van der Waals surface area contributed by atoms with E-state index in [1.165, 1.54) is 4.57 Å². The van der Waals surface area contributed by atoms with Crippen LogP contribution in [-0.4, -0.2) is 69.8 Å². The average Bonchev–Trinajstić information content (AvgIpc) is 3.07. The molecule has 1 amide bonds. The van der Waals surface area contributed by atoms with Crippen molar-refractivity contribution in [2.45, 2.75) is 13.5 Å². The maximum absolute atomic E-state index is 12.8. The van der Waals surface area contributed by atoms with Crippen molar-refractivity contribution in [3.05, 3.63) is 45.1 Å². The summed E-state index contributed by atoms with van der Waals surface area (Å²) in [7, 11) is 0. The normalized spacial score (nSPS) is 15.4. The van der Waals surface area contributed by atoms with Crippen LogP contribution >= 0.6 is 0 Å². The van der Waals surface area contributed by atoms with E-state index >= 15 is 0 Å². The van der Waals surface area contributed by atoms with Crippen LogP contribution < -0.4 is 11.2 Å². The molecule has 0 atom stereocenters. The zero-order chi connectivity index (χ0) is 19.7. The fourth-order valence-electron chi connectivity index (χ4n) is 3.65. The van der Waals surface area contributed by atoms with Gasteiger partial charge in [0.15, 0.2) is 0 Å². The summed E-state index contributed by atoms with van der Waals surface area (Å²) in [5.41, 5.74) is 1.04. The lowest BCUT2D eigenvalue weighted by Crippen LogP contribution is -2.50. The number of fused-ring (bicyclic) bond motifs is 3. The van der Waals surface area contributed by atoms with Gasteiger partial charge < -0.3 is 19.6 Å². The van der Waals surface area contributed by atoms with E-state index in [1.54, 1.807) is 11.8 Å². The summed E-state index contributed by atoms with van der Waals surface area (Å²) in [5, 5.41) is 0.828. The lowest BCUT2D eigenvalue weighted by Gasteiger charge is -2.33. The quantitative estimate of drug-likeness (QED) is 0.696. The Balaban J connectivity index is 1.49. The van der Waals surface area contributed by atoms with Crippen molar-refractivity contribution in [2.24, 2.45) is 0 Å². The van der Waals surface area contributed by atoms with E-state index in [4.69, 9.17) is 4.74 Å². The lowest BCUT2D eigenvalue weighted by molar-refractivity contribution is 0.0786. The molecular formula is C19H23N5O4. The zero-order valence-corrected chi connectivity index (χ0v) is 15.7. The second-order valence-electron chi connectivity index (χ2n) is 6.84. The van der Waals surface area contributed by atoms with Crippen molar-refractivity contribution < 1.29 is 9.53 Å². The van der Waals surface area contributed by atoms with Gasteiger partial charge in [-0.1, -0.05) is 18.2 Å². The predicted molar refractivity (Wildman–Crippen MR) is 106 cm³/mol. The Labute approximate surface area is 160 Å². The van der Waals surface area contributed by atoms with E-state index in [-0.39, 0.29) is 11.7 Å². The summed E-state index contributed by atoms with van der Waals surface area (Å²) in [6, 6.07) is 7.50. The van der Waals surface area contributed by atoms with Gasteiger partial charge in [-0.2, -0.15) is 0 Å². The minimum absolute atomic E-state index is 0.291. The van der Waals surface area contributed by atoms with Crippen LogP contribution in [0.5, 0.6) is 0 Å². The van der Waals surface area contributed by atoms with Crippen LogP contribution in [0.2, 0.25) is 0 Å². The Kier molecular flexibility index (Phi) is 4.91. The number of piperazine rings is 1. The van der Waals surface area contributed by atoms with Crippen LogP contribution in [0.15, 0.2) is 33.9 Å². The summed E-state index contributed by atoms with van der Waals surface area (Å²) in [5.74, 6) is 0. The highest BCUT2D eigenvalue weighted by Gasteiger charge is 2.22. The SMILES string of the molecule is CCOC(=O)N1CCN(CCn2c(=O)[nH]c3c([nH]c4ccccc43)c2=O)CC1. The molecule has 9 heteroatoms. The van der Waals surface area contributed by atoms with E-state index in [0.29, 0.717) is 56.9 Å². The Morgan fingerprint density at radius 3 is 2.54 bits per heavy atom. The molecule has 2 aromatic heterocycles. The first-order chi connectivity index (χ1) is 13.6. The number of para-hydroxylation sites is 1. The number of H-pyrrole nitrogens is 2. The third-order valence-electron chi connectivity index (χ3n) is 5.18. The summed E-state index contributed by atoms with van der Waals surface area (Å²) >= 11 is 0. The van der Waals surface area contributed by atoms with Gasteiger partial charge in [-0.25, -0.2) is 9.59 Å². The van der Waals surface area contributed by atoms with Gasteiger partial charge >= 0.3 is 11.8 Å². The third kappa shape index (κ3) is 3.29. The number of rotatable bonds is 4. The fraction of sp³-hybridized carbons (Fsp3) is 0.421. The molecule has 0 aliphatic carbocycles. The standard InChI is InChI=1S/C19H23N5O4/c1-2-28-19(27)23-10-7-22(8-11-23)9-12-24-17(25)16-15(21-18(24)26)13-5-3-4-6-14(13)20-16/h3-6,20H,2,7-12H2,1H3,(H,21,26). The Hall–Kier alpha value is -3.07. The molecule has 1 saturated heterocycles. The number of aromatic nitrogens is 3. The first-order valence-corrected chi connectivity index (χ1v) is 9.46. The van der Waals surface area contributed by atoms with Crippen LogP contribution in [-0.2, 0) is 11.3 Å². The van der Waals surface area contributed by atoms with Crippen LogP contribution in [0.1, 0.15) is 6.92 Å². The highest BCUT2D eigenvalue weighted by molar-refractivity contribution is 6.04. The second kappa shape index (κ2) is 7.51. The number of nitrogens with one attached hydrogen (secondary N) is 2. The summed E-state index contributed by atoms with van der Waals surface area (Å²) in [6.45, 7) is 5.51. The van der Waals surface area contributed by atoms with E-state index in [1.807, 2.05) is 24.3 Å².